The van der Waals surface area contributed by atoms with Gasteiger partial charge in [0.1, 0.15) is 11.5 Å². The van der Waals surface area contributed by atoms with Gasteiger partial charge in [-0.05, 0) is 18.2 Å². The normalized spacial score (nSPS) is 11.2. The number of rotatable bonds is 5. The molecule has 0 aliphatic carbocycles. The Bertz CT molecular complexity index is 1470. The van der Waals surface area contributed by atoms with Crippen LogP contribution in [0.1, 0.15) is 15.9 Å². The van der Waals surface area contributed by atoms with Gasteiger partial charge in [0.05, 0.1) is 28.7 Å². The third kappa shape index (κ3) is 5.55. The zero-order chi connectivity index (χ0) is 26.7. The van der Waals surface area contributed by atoms with Crippen molar-refractivity contribution >= 4 is 17.7 Å². The zero-order valence-corrected chi connectivity index (χ0v) is 19.3. The Balaban J connectivity index is 1.76. The second kappa shape index (κ2) is 10.0. The number of nitrogens with zero attached hydrogens (tertiary/aromatic N) is 4. The van der Waals surface area contributed by atoms with E-state index in [4.69, 9.17) is 4.74 Å². The molecular weight excluding hydrogens is 496 g/mol. The van der Waals surface area contributed by atoms with Gasteiger partial charge in [0.25, 0.3) is 5.91 Å². The van der Waals surface area contributed by atoms with Crippen LogP contribution in [0.3, 0.4) is 0 Å². The molecule has 2 aromatic heterocycles. The molecule has 2 aromatic carbocycles. The summed E-state index contributed by atoms with van der Waals surface area (Å²) in [6.45, 7) is 0. The van der Waals surface area contributed by atoms with E-state index in [9.17, 15) is 27.2 Å². The van der Waals surface area contributed by atoms with E-state index in [1.54, 1.807) is 30.3 Å². The van der Waals surface area contributed by atoms with E-state index in [-0.39, 0.29) is 29.2 Å². The molecule has 0 aliphatic heterocycles. The lowest BCUT2D eigenvalue weighted by Gasteiger charge is -2.15. The minimum Gasteiger partial charge on any atom is -0.374 e. The van der Waals surface area contributed by atoms with E-state index in [1.807, 2.05) is 0 Å². The molecule has 4 rings (SSSR count). The number of hydrogen-bond acceptors (Lipinski definition) is 6. The number of ether oxygens (including phenoxy) is 1. The number of aryl methyl sites for hydroxylation is 1. The minimum absolute atomic E-state index is 0.000796. The average molecular weight is 514 g/mol. The van der Waals surface area contributed by atoms with Crippen molar-refractivity contribution in [2.45, 2.75) is 6.18 Å². The molecular formula is C24H18F4N6O3. The Morgan fingerprint density at radius 1 is 1.08 bits per heavy atom. The van der Waals surface area contributed by atoms with Crippen LogP contribution in [-0.2, 0) is 13.2 Å². The van der Waals surface area contributed by atoms with E-state index in [0.29, 0.717) is 5.56 Å². The molecule has 2 heterocycles. The largest absolute Gasteiger partial charge is 0.417 e. The predicted molar refractivity (Wildman–Crippen MR) is 124 cm³/mol. The molecule has 9 nitrogen and oxygen atoms in total. The van der Waals surface area contributed by atoms with Crippen LogP contribution >= 0.6 is 0 Å². The third-order valence-corrected chi connectivity index (χ3v) is 5.10. The van der Waals surface area contributed by atoms with E-state index < -0.39 is 40.7 Å². The van der Waals surface area contributed by atoms with Crippen LogP contribution in [0.4, 0.5) is 28.0 Å². The lowest BCUT2D eigenvalue weighted by molar-refractivity contribution is -0.137. The lowest BCUT2D eigenvalue weighted by Crippen LogP contribution is -2.23. The third-order valence-electron chi connectivity index (χ3n) is 5.10. The van der Waals surface area contributed by atoms with Crippen LogP contribution in [0.2, 0.25) is 0 Å². The molecule has 2 N–H and O–H groups in total. The summed E-state index contributed by atoms with van der Waals surface area (Å²) in [5, 5.41) is 8.64. The Labute approximate surface area is 207 Å². The average Bonchev–Trinajstić information content (AvgIpc) is 3.30. The maximum Gasteiger partial charge on any atom is 0.417 e. The number of hydrogen-bond donors (Lipinski definition) is 2. The number of benzene rings is 2. The molecule has 190 valence electrons. The van der Waals surface area contributed by atoms with Crippen molar-refractivity contribution in [3.05, 3.63) is 77.9 Å². The first-order valence-electron chi connectivity index (χ1n) is 10.6. The highest BCUT2D eigenvalue weighted by Crippen LogP contribution is 2.38. The first-order valence-corrected chi connectivity index (χ1v) is 10.6. The number of anilines is 1. The SMILES string of the molecule is CNC(=O)Oc1ncc(NC(=O)c2cc(-c3ccn(C)n3)c(C(F)(F)F)cc2F)c(-c2ccccc2)n1. The van der Waals surface area contributed by atoms with Crippen LogP contribution < -0.4 is 15.4 Å². The van der Waals surface area contributed by atoms with Crippen LogP contribution in [0, 0.1) is 5.82 Å². The van der Waals surface area contributed by atoms with Gasteiger partial charge in [-0.1, -0.05) is 30.3 Å². The molecule has 0 unspecified atom stereocenters. The van der Waals surface area contributed by atoms with Crippen LogP contribution in [0.15, 0.2) is 60.9 Å². The second-order valence-electron chi connectivity index (χ2n) is 7.62. The second-order valence-corrected chi connectivity index (χ2v) is 7.62. The van der Waals surface area contributed by atoms with E-state index >= 15 is 0 Å². The molecule has 13 heteroatoms. The van der Waals surface area contributed by atoms with Gasteiger partial charge in [0.2, 0.25) is 0 Å². The summed E-state index contributed by atoms with van der Waals surface area (Å²) in [5.41, 5.74) is -1.87. The van der Waals surface area contributed by atoms with Crippen LogP contribution in [-0.4, -0.2) is 38.8 Å². The van der Waals surface area contributed by atoms with Crippen molar-refractivity contribution < 1.29 is 31.9 Å². The zero-order valence-electron chi connectivity index (χ0n) is 19.3. The molecule has 0 fully saturated rings. The summed E-state index contributed by atoms with van der Waals surface area (Å²) in [5.74, 6) is -2.43. The van der Waals surface area contributed by atoms with Crippen molar-refractivity contribution in [1.82, 2.24) is 25.1 Å². The van der Waals surface area contributed by atoms with Crippen molar-refractivity contribution in [1.29, 1.82) is 0 Å². The fraction of sp³-hybridized carbons (Fsp3) is 0.125. The molecule has 0 radical (unpaired) electrons. The number of amides is 2. The number of alkyl halides is 3. The van der Waals surface area contributed by atoms with Gasteiger partial charge < -0.3 is 15.4 Å². The lowest BCUT2D eigenvalue weighted by atomic mass is 9.99. The number of carbonyl (C=O) groups is 2. The monoisotopic (exact) mass is 514 g/mol. The highest BCUT2D eigenvalue weighted by atomic mass is 19.4. The van der Waals surface area contributed by atoms with Gasteiger partial charge in [-0.2, -0.15) is 23.3 Å². The molecule has 37 heavy (non-hydrogen) atoms. The molecule has 0 saturated carbocycles. The Hall–Kier alpha value is -4.81. The molecule has 0 saturated heterocycles. The van der Waals surface area contributed by atoms with Gasteiger partial charge in [-0.25, -0.2) is 14.2 Å². The Kier molecular flexibility index (Phi) is 6.87. The van der Waals surface area contributed by atoms with Gasteiger partial charge in [0.15, 0.2) is 0 Å². The van der Waals surface area contributed by atoms with Gasteiger partial charge in [-0.3, -0.25) is 9.48 Å². The van der Waals surface area contributed by atoms with E-state index in [2.05, 4.69) is 25.7 Å². The summed E-state index contributed by atoms with van der Waals surface area (Å²) in [4.78, 5) is 32.6. The molecule has 4 aromatic rings. The number of halogens is 4. The first-order chi connectivity index (χ1) is 17.6. The smallest absolute Gasteiger partial charge is 0.374 e. The maximum absolute atomic E-state index is 14.8. The van der Waals surface area contributed by atoms with Crippen molar-refractivity contribution in [3.63, 3.8) is 0 Å². The van der Waals surface area contributed by atoms with Crippen molar-refractivity contribution in [3.8, 4) is 28.5 Å². The molecule has 0 bridgehead atoms. The quantitative estimate of drug-likeness (QED) is 0.375. The van der Waals surface area contributed by atoms with Crippen LogP contribution in [0.5, 0.6) is 6.01 Å². The van der Waals surface area contributed by atoms with E-state index in [1.165, 1.54) is 31.0 Å². The van der Waals surface area contributed by atoms with E-state index in [0.717, 1.165) is 12.3 Å². The Morgan fingerprint density at radius 2 is 1.81 bits per heavy atom. The fourth-order valence-corrected chi connectivity index (χ4v) is 3.40. The van der Waals surface area contributed by atoms with Gasteiger partial charge in [0, 0.05) is 31.4 Å². The maximum atomic E-state index is 14.8. The molecule has 0 aliphatic rings. The molecule has 2 amide bonds. The van der Waals surface area contributed by atoms with Crippen LogP contribution in [0.25, 0.3) is 22.5 Å². The topological polar surface area (TPSA) is 111 Å². The summed E-state index contributed by atoms with van der Waals surface area (Å²) in [6, 6.07) is 10.5. The summed E-state index contributed by atoms with van der Waals surface area (Å²) >= 11 is 0. The summed E-state index contributed by atoms with van der Waals surface area (Å²) < 4.78 is 62.0. The summed E-state index contributed by atoms with van der Waals surface area (Å²) in [6.07, 6.45) is -3.17. The fourth-order valence-electron chi connectivity index (χ4n) is 3.40. The highest BCUT2D eigenvalue weighted by molar-refractivity contribution is 6.06. The van der Waals surface area contributed by atoms with Crippen molar-refractivity contribution in [2.24, 2.45) is 7.05 Å². The molecule has 0 atom stereocenters. The number of carbonyl (C=O) groups excluding carboxylic acids is 2. The highest BCUT2D eigenvalue weighted by Gasteiger charge is 2.36. The standard InChI is InChI=1S/C24H18F4N6O3/c1-29-23(36)37-22-30-12-19(20(32-22)13-6-4-3-5-7-13)31-21(35)15-10-14(18-8-9-34(2)33-18)16(11-17(15)25)24(26,27)28/h3-12H,1-2H3,(H,29,36)(H,31,35). The Morgan fingerprint density at radius 3 is 2.43 bits per heavy atom. The van der Waals surface area contributed by atoms with Gasteiger partial charge >= 0.3 is 18.3 Å². The first kappa shape index (κ1) is 25.3. The molecule has 0 spiro atoms. The predicted octanol–water partition coefficient (Wildman–Crippen LogP) is 4.67. The summed E-state index contributed by atoms with van der Waals surface area (Å²) in [7, 11) is 2.85. The van der Waals surface area contributed by atoms with Crippen molar-refractivity contribution in [2.75, 3.05) is 12.4 Å². The van der Waals surface area contributed by atoms with Gasteiger partial charge in [-0.15, -0.1) is 0 Å². The number of aromatic nitrogens is 4. The number of nitrogens with one attached hydrogen (secondary N) is 2. The minimum atomic E-state index is -4.89.